The van der Waals surface area contributed by atoms with E-state index in [0.29, 0.717) is 17.5 Å². The Morgan fingerprint density at radius 2 is 1.63 bits per heavy atom. The highest BCUT2D eigenvalue weighted by Gasteiger charge is 2.11. The van der Waals surface area contributed by atoms with Crippen LogP contribution in [0.25, 0.3) is 10.8 Å². The summed E-state index contributed by atoms with van der Waals surface area (Å²) in [5.41, 5.74) is 0.976. The lowest BCUT2D eigenvalue weighted by atomic mass is 10.1. The Morgan fingerprint density at radius 1 is 0.889 bits per heavy atom. The number of para-hydroxylation sites is 1. The molecule has 0 saturated carbocycles. The van der Waals surface area contributed by atoms with E-state index in [1.807, 2.05) is 36.4 Å². The lowest BCUT2D eigenvalue weighted by Crippen LogP contribution is -2.23. The van der Waals surface area contributed by atoms with Gasteiger partial charge in [-0.05, 0) is 23.6 Å². The third kappa shape index (κ3) is 4.70. The van der Waals surface area contributed by atoms with Gasteiger partial charge in [-0.25, -0.2) is 4.79 Å². The van der Waals surface area contributed by atoms with Gasteiger partial charge in [-0.15, -0.1) is 0 Å². The van der Waals surface area contributed by atoms with Crippen molar-refractivity contribution in [2.45, 2.75) is 0 Å². The molecule has 0 atom stereocenters. The quantitative estimate of drug-likeness (QED) is 0.515. The number of aldehydes is 1. The summed E-state index contributed by atoms with van der Waals surface area (Å²) in [7, 11) is 0. The predicted molar refractivity (Wildman–Crippen MR) is 101 cm³/mol. The zero-order chi connectivity index (χ0) is 19.1. The highest BCUT2D eigenvalue weighted by atomic mass is 16.6. The van der Waals surface area contributed by atoms with Crippen LogP contribution in [0.1, 0.15) is 10.4 Å². The second-order valence-corrected chi connectivity index (χ2v) is 5.68. The summed E-state index contributed by atoms with van der Waals surface area (Å²) in [6.45, 7) is -0.826. The Labute approximate surface area is 155 Å². The van der Waals surface area contributed by atoms with Crippen molar-refractivity contribution in [1.29, 1.82) is 0 Å². The normalized spacial score (nSPS) is 10.2. The number of anilines is 1. The van der Waals surface area contributed by atoms with Crippen LogP contribution in [0, 0.1) is 0 Å². The zero-order valence-corrected chi connectivity index (χ0v) is 14.4. The van der Waals surface area contributed by atoms with Gasteiger partial charge in [0, 0.05) is 11.1 Å². The first-order valence-corrected chi connectivity index (χ1v) is 8.27. The van der Waals surface area contributed by atoms with Crippen molar-refractivity contribution in [2.75, 3.05) is 18.5 Å². The molecule has 6 heteroatoms. The Bertz CT molecular complexity index is 978. The molecular formula is C21H17NO5. The minimum Gasteiger partial charge on any atom is -0.481 e. The number of rotatable bonds is 7. The molecule has 3 aromatic rings. The molecular weight excluding hydrogens is 346 g/mol. The van der Waals surface area contributed by atoms with Gasteiger partial charge in [-0.2, -0.15) is 0 Å². The molecule has 0 bridgehead atoms. The van der Waals surface area contributed by atoms with Gasteiger partial charge in [-0.1, -0.05) is 48.5 Å². The average Bonchev–Trinajstić information content (AvgIpc) is 2.71. The molecule has 136 valence electrons. The summed E-state index contributed by atoms with van der Waals surface area (Å²) in [6, 6.07) is 19.7. The van der Waals surface area contributed by atoms with Crippen molar-refractivity contribution in [3.05, 3.63) is 72.3 Å². The number of carbonyl (C=O) groups excluding carboxylic acids is 3. The molecule has 1 N–H and O–H groups in total. The number of benzene rings is 3. The fraction of sp³-hybridized carbons (Fsp3) is 0.0952. The number of nitrogens with one attached hydrogen (secondary N) is 1. The summed E-state index contributed by atoms with van der Waals surface area (Å²) in [5, 5.41) is 4.62. The van der Waals surface area contributed by atoms with Gasteiger partial charge in [0.2, 0.25) is 0 Å². The molecule has 0 unspecified atom stereocenters. The Hall–Kier alpha value is -3.67. The first-order valence-electron chi connectivity index (χ1n) is 8.27. The highest BCUT2D eigenvalue weighted by Crippen LogP contribution is 2.22. The predicted octanol–water partition coefficient (Wildman–Crippen LogP) is 3.21. The van der Waals surface area contributed by atoms with Crippen molar-refractivity contribution >= 4 is 34.6 Å². The van der Waals surface area contributed by atoms with E-state index in [2.05, 4.69) is 5.32 Å². The van der Waals surface area contributed by atoms with Crippen LogP contribution in [-0.2, 0) is 14.3 Å². The van der Waals surface area contributed by atoms with Crippen LogP contribution in [-0.4, -0.2) is 31.4 Å². The minimum absolute atomic E-state index is 0.282. The summed E-state index contributed by atoms with van der Waals surface area (Å²) in [5.74, 6) is -0.874. The van der Waals surface area contributed by atoms with Crippen LogP contribution in [0.4, 0.5) is 5.69 Å². The van der Waals surface area contributed by atoms with Crippen molar-refractivity contribution in [1.82, 2.24) is 0 Å². The molecule has 27 heavy (non-hydrogen) atoms. The maximum atomic E-state index is 12.1. The molecule has 0 fully saturated rings. The number of esters is 1. The molecule has 0 heterocycles. The molecule has 0 aromatic heterocycles. The van der Waals surface area contributed by atoms with Gasteiger partial charge >= 0.3 is 5.97 Å². The minimum atomic E-state index is -0.705. The molecule has 0 saturated heterocycles. The number of fused-ring (bicyclic) bond motifs is 1. The monoisotopic (exact) mass is 363 g/mol. The molecule has 0 aliphatic heterocycles. The van der Waals surface area contributed by atoms with Crippen LogP contribution in [0.5, 0.6) is 5.75 Å². The Morgan fingerprint density at radius 3 is 2.48 bits per heavy atom. The third-order valence-electron chi connectivity index (χ3n) is 3.82. The number of hydrogen-bond donors (Lipinski definition) is 1. The van der Waals surface area contributed by atoms with Crippen molar-refractivity contribution in [3.8, 4) is 5.75 Å². The van der Waals surface area contributed by atoms with Crippen LogP contribution in [0.3, 0.4) is 0 Å². The van der Waals surface area contributed by atoms with E-state index >= 15 is 0 Å². The van der Waals surface area contributed by atoms with Gasteiger partial charge in [0.25, 0.3) is 5.91 Å². The van der Waals surface area contributed by atoms with E-state index in [1.54, 1.807) is 30.3 Å². The van der Waals surface area contributed by atoms with Gasteiger partial charge < -0.3 is 14.8 Å². The highest BCUT2D eigenvalue weighted by molar-refractivity contribution is 6.02. The van der Waals surface area contributed by atoms with Gasteiger partial charge in [0.05, 0.1) is 5.56 Å². The lowest BCUT2D eigenvalue weighted by molar-refractivity contribution is -0.149. The molecule has 0 aliphatic carbocycles. The van der Waals surface area contributed by atoms with E-state index < -0.39 is 25.1 Å². The molecule has 0 aliphatic rings. The van der Waals surface area contributed by atoms with Crippen LogP contribution < -0.4 is 10.1 Å². The average molecular weight is 363 g/mol. The zero-order valence-electron chi connectivity index (χ0n) is 14.4. The molecule has 0 radical (unpaired) electrons. The Balaban J connectivity index is 1.51. The van der Waals surface area contributed by atoms with Crippen LogP contribution in [0.2, 0.25) is 0 Å². The summed E-state index contributed by atoms with van der Waals surface area (Å²) < 4.78 is 10.2. The number of carbonyl (C=O) groups is 3. The first kappa shape index (κ1) is 18.1. The van der Waals surface area contributed by atoms with E-state index in [1.165, 1.54) is 0 Å². The summed E-state index contributed by atoms with van der Waals surface area (Å²) in [6.07, 6.45) is 0.637. The maximum Gasteiger partial charge on any atom is 0.344 e. The maximum absolute atomic E-state index is 12.1. The summed E-state index contributed by atoms with van der Waals surface area (Å²) in [4.78, 5) is 34.7. The summed E-state index contributed by atoms with van der Waals surface area (Å²) >= 11 is 0. The molecule has 3 aromatic carbocycles. The number of hydrogen-bond acceptors (Lipinski definition) is 5. The van der Waals surface area contributed by atoms with Crippen molar-refractivity contribution in [3.63, 3.8) is 0 Å². The molecule has 3 rings (SSSR count). The van der Waals surface area contributed by atoms with Crippen molar-refractivity contribution < 1.29 is 23.9 Å². The molecule has 6 nitrogen and oxygen atoms in total. The Kier molecular flexibility index (Phi) is 5.79. The van der Waals surface area contributed by atoms with E-state index in [9.17, 15) is 14.4 Å². The topological polar surface area (TPSA) is 81.7 Å². The lowest BCUT2D eigenvalue weighted by Gasteiger charge is -2.10. The van der Waals surface area contributed by atoms with E-state index in [4.69, 9.17) is 9.47 Å². The second kappa shape index (κ2) is 8.62. The number of ether oxygens (including phenoxy) is 2. The van der Waals surface area contributed by atoms with Crippen molar-refractivity contribution in [2.24, 2.45) is 0 Å². The molecule has 1 amide bonds. The number of amides is 1. The van der Waals surface area contributed by atoms with E-state index in [-0.39, 0.29) is 5.75 Å². The second-order valence-electron chi connectivity index (χ2n) is 5.68. The first-order chi connectivity index (χ1) is 13.2. The third-order valence-corrected chi connectivity index (χ3v) is 3.82. The van der Waals surface area contributed by atoms with Gasteiger partial charge in [-0.3, -0.25) is 9.59 Å². The van der Waals surface area contributed by atoms with Gasteiger partial charge in [0.15, 0.2) is 19.5 Å². The fourth-order valence-corrected chi connectivity index (χ4v) is 2.55. The largest absolute Gasteiger partial charge is 0.481 e. The van der Waals surface area contributed by atoms with Gasteiger partial charge in [0.1, 0.15) is 5.75 Å². The smallest absolute Gasteiger partial charge is 0.344 e. The van der Waals surface area contributed by atoms with Crippen LogP contribution >= 0.6 is 0 Å². The fourth-order valence-electron chi connectivity index (χ4n) is 2.55. The SMILES string of the molecule is O=Cc1ccccc1OCC(=O)OCC(=O)Nc1cccc2ccccc12. The molecule has 0 spiro atoms. The standard InChI is InChI=1S/C21H17NO5/c23-12-16-7-2-4-11-19(16)26-14-21(25)27-13-20(24)22-18-10-5-8-15-6-1-3-9-17(15)18/h1-12H,13-14H2,(H,22,24). The van der Waals surface area contributed by atoms with Crippen LogP contribution in [0.15, 0.2) is 66.7 Å². The van der Waals surface area contributed by atoms with E-state index in [0.717, 1.165) is 10.8 Å².